The zero-order chi connectivity index (χ0) is 49.3. The predicted molar refractivity (Wildman–Crippen MR) is 297 cm³/mol. The predicted octanol–water partition coefficient (Wildman–Crippen LogP) is 19.2. The molecule has 0 saturated heterocycles. The second-order valence-electron chi connectivity index (χ2n) is 21.4. The maximum Gasteiger partial charge on any atom is 0.305 e. The monoisotopic (exact) mass is 960 g/mol. The molecule has 0 aromatic heterocycles. The minimum atomic E-state index is -0.840. The van der Waals surface area contributed by atoms with Gasteiger partial charge in [-0.2, -0.15) is 0 Å². The van der Waals surface area contributed by atoms with Crippen LogP contribution in [0.4, 0.5) is 0 Å². The van der Waals surface area contributed by atoms with Gasteiger partial charge in [-0.05, 0) is 32.1 Å². The summed E-state index contributed by atoms with van der Waals surface area (Å²) in [6.07, 6.45) is 69.8. The first kappa shape index (κ1) is 66.6. The second-order valence-corrected chi connectivity index (χ2v) is 21.4. The first-order valence-electron chi connectivity index (χ1n) is 31.0. The highest BCUT2D eigenvalue weighted by molar-refractivity contribution is 5.76. The molecule has 68 heavy (non-hydrogen) atoms. The van der Waals surface area contributed by atoms with Crippen molar-refractivity contribution in [1.29, 1.82) is 0 Å². The lowest BCUT2D eigenvalue weighted by Gasteiger charge is -2.20. The van der Waals surface area contributed by atoms with Gasteiger partial charge in [0.25, 0.3) is 0 Å². The number of esters is 1. The molecule has 0 aliphatic heterocycles. The number of hydrogen-bond acceptors (Lipinski definition) is 5. The van der Waals surface area contributed by atoms with Crippen molar-refractivity contribution in [2.24, 2.45) is 0 Å². The van der Waals surface area contributed by atoms with Gasteiger partial charge in [0.2, 0.25) is 5.91 Å². The van der Waals surface area contributed by atoms with E-state index in [1.165, 1.54) is 283 Å². The summed E-state index contributed by atoms with van der Waals surface area (Å²) in [4.78, 5) is 24.4. The molecule has 404 valence electrons. The molecule has 0 spiro atoms. The van der Waals surface area contributed by atoms with Crippen molar-refractivity contribution >= 4 is 11.9 Å². The van der Waals surface area contributed by atoms with Crippen molar-refractivity contribution in [3.05, 3.63) is 12.2 Å². The van der Waals surface area contributed by atoms with Crippen LogP contribution < -0.4 is 5.32 Å². The quantitative estimate of drug-likeness (QED) is 0.0321. The Morgan fingerprint density at radius 1 is 0.397 bits per heavy atom. The molecule has 6 nitrogen and oxygen atoms in total. The Labute approximate surface area is 425 Å². The Hall–Kier alpha value is -1.40. The van der Waals surface area contributed by atoms with Gasteiger partial charge in [-0.3, -0.25) is 9.59 Å². The minimum Gasteiger partial charge on any atom is -0.466 e. The Bertz CT molecular complexity index is 1020. The standard InChI is InChI=1S/C62H121NO5/c1-3-5-7-9-11-13-15-34-38-42-46-50-54-60(65)59(58-64)63-61(66)55-51-47-43-39-35-32-30-28-26-24-22-20-18-17-19-21-23-25-27-29-31-33-37-41-45-49-53-57-68-62(67)56-52-48-44-40-36-16-14-12-10-8-6-4-2/h50,54,59-60,64-65H,3-49,51-53,55-58H2,1-2H3,(H,63,66)/b54-50+. The summed E-state index contributed by atoms with van der Waals surface area (Å²) in [6, 6.07) is -0.623. The van der Waals surface area contributed by atoms with Crippen LogP contribution in [-0.2, 0) is 14.3 Å². The molecule has 0 aliphatic carbocycles. The van der Waals surface area contributed by atoms with Crippen LogP contribution in [0.3, 0.4) is 0 Å². The van der Waals surface area contributed by atoms with Gasteiger partial charge in [-0.25, -0.2) is 0 Å². The number of ether oxygens (including phenoxy) is 1. The summed E-state index contributed by atoms with van der Waals surface area (Å²) in [6.45, 7) is 4.92. The van der Waals surface area contributed by atoms with E-state index in [4.69, 9.17) is 4.74 Å². The van der Waals surface area contributed by atoms with Crippen molar-refractivity contribution in [2.45, 2.75) is 360 Å². The molecule has 0 heterocycles. The fourth-order valence-electron chi connectivity index (χ4n) is 9.81. The highest BCUT2D eigenvalue weighted by Crippen LogP contribution is 2.18. The van der Waals surface area contributed by atoms with Crippen LogP contribution in [0.25, 0.3) is 0 Å². The van der Waals surface area contributed by atoms with E-state index in [0.717, 1.165) is 38.5 Å². The summed E-state index contributed by atoms with van der Waals surface area (Å²) in [5.74, 6) is -0.0456. The van der Waals surface area contributed by atoms with E-state index in [9.17, 15) is 19.8 Å². The van der Waals surface area contributed by atoms with Gasteiger partial charge in [-0.1, -0.05) is 315 Å². The van der Waals surface area contributed by atoms with Crippen LogP contribution in [-0.4, -0.2) is 47.4 Å². The molecule has 2 unspecified atom stereocenters. The maximum atomic E-state index is 12.4. The highest BCUT2D eigenvalue weighted by Gasteiger charge is 2.18. The maximum absolute atomic E-state index is 12.4. The van der Waals surface area contributed by atoms with Crippen LogP contribution in [0, 0.1) is 0 Å². The zero-order valence-corrected chi connectivity index (χ0v) is 46.1. The van der Waals surface area contributed by atoms with Gasteiger partial charge in [-0.15, -0.1) is 0 Å². The molecule has 0 saturated carbocycles. The van der Waals surface area contributed by atoms with E-state index >= 15 is 0 Å². The van der Waals surface area contributed by atoms with Crippen molar-refractivity contribution in [3.8, 4) is 0 Å². The molecule has 2 atom stereocenters. The van der Waals surface area contributed by atoms with Gasteiger partial charge in [0.15, 0.2) is 0 Å². The summed E-state index contributed by atoms with van der Waals surface area (Å²) in [5, 5.41) is 23.1. The molecule has 0 rings (SSSR count). The number of aliphatic hydroxyl groups is 2. The average molecular weight is 961 g/mol. The Morgan fingerprint density at radius 2 is 0.676 bits per heavy atom. The topological polar surface area (TPSA) is 95.9 Å². The third kappa shape index (κ3) is 53.9. The first-order valence-corrected chi connectivity index (χ1v) is 31.0. The number of nitrogens with one attached hydrogen (secondary N) is 1. The van der Waals surface area contributed by atoms with Gasteiger partial charge >= 0.3 is 5.97 Å². The normalized spacial score (nSPS) is 12.6. The molecule has 0 aromatic carbocycles. The van der Waals surface area contributed by atoms with Crippen LogP contribution in [0.15, 0.2) is 12.2 Å². The summed E-state index contributed by atoms with van der Waals surface area (Å²) in [5.41, 5.74) is 0. The van der Waals surface area contributed by atoms with E-state index in [1.807, 2.05) is 6.08 Å². The van der Waals surface area contributed by atoms with Crippen LogP contribution >= 0.6 is 0 Å². The lowest BCUT2D eigenvalue weighted by Crippen LogP contribution is -2.45. The van der Waals surface area contributed by atoms with Gasteiger partial charge in [0, 0.05) is 12.8 Å². The van der Waals surface area contributed by atoms with Crippen molar-refractivity contribution in [1.82, 2.24) is 5.32 Å². The Morgan fingerprint density at radius 3 is 1.00 bits per heavy atom. The molecule has 0 bridgehead atoms. The Kier molecular flexibility index (Phi) is 57.0. The molecule has 1 amide bonds. The lowest BCUT2D eigenvalue weighted by molar-refractivity contribution is -0.143. The number of allylic oxidation sites excluding steroid dienone is 1. The number of carbonyl (C=O) groups excluding carboxylic acids is 2. The van der Waals surface area contributed by atoms with Gasteiger partial charge in [0.1, 0.15) is 0 Å². The van der Waals surface area contributed by atoms with E-state index in [1.54, 1.807) is 6.08 Å². The number of amides is 1. The molecular formula is C62H121NO5. The molecule has 0 radical (unpaired) electrons. The highest BCUT2D eigenvalue weighted by atomic mass is 16.5. The third-order valence-electron chi connectivity index (χ3n) is 14.6. The van der Waals surface area contributed by atoms with Crippen LogP contribution in [0.1, 0.15) is 348 Å². The lowest BCUT2D eigenvalue weighted by atomic mass is 10.0. The molecule has 0 fully saturated rings. The number of unbranched alkanes of at least 4 members (excludes halogenated alkanes) is 47. The number of rotatable bonds is 58. The summed E-state index contributed by atoms with van der Waals surface area (Å²) >= 11 is 0. The van der Waals surface area contributed by atoms with Gasteiger partial charge < -0.3 is 20.3 Å². The number of aliphatic hydroxyl groups excluding tert-OH is 2. The second kappa shape index (κ2) is 58.2. The van der Waals surface area contributed by atoms with Crippen molar-refractivity contribution in [2.75, 3.05) is 13.2 Å². The largest absolute Gasteiger partial charge is 0.466 e. The number of hydrogen-bond donors (Lipinski definition) is 3. The fourth-order valence-corrected chi connectivity index (χ4v) is 9.81. The fraction of sp³-hybridized carbons (Fsp3) is 0.935. The van der Waals surface area contributed by atoms with E-state index in [-0.39, 0.29) is 18.5 Å². The van der Waals surface area contributed by atoms with Gasteiger partial charge in [0.05, 0.1) is 25.4 Å². The molecular weight excluding hydrogens is 839 g/mol. The third-order valence-corrected chi connectivity index (χ3v) is 14.6. The molecule has 0 aromatic rings. The van der Waals surface area contributed by atoms with E-state index in [0.29, 0.717) is 19.4 Å². The van der Waals surface area contributed by atoms with Crippen molar-refractivity contribution < 1.29 is 24.5 Å². The van der Waals surface area contributed by atoms with E-state index < -0.39 is 12.1 Å². The average Bonchev–Trinajstić information content (AvgIpc) is 3.34. The molecule has 6 heteroatoms. The summed E-state index contributed by atoms with van der Waals surface area (Å²) in [7, 11) is 0. The Balaban J connectivity index is 3.34. The molecule has 0 aliphatic rings. The zero-order valence-electron chi connectivity index (χ0n) is 46.1. The van der Waals surface area contributed by atoms with Crippen LogP contribution in [0.2, 0.25) is 0 Å². The molecule has 3 N–H and O–H groups in total. The van der Waals surface area contributed by atoms with Crippen molar-refractivity contribution in [3.63, 3.8) is 0 Å². The minimum absolute atomic E-state index is 0.0188. The number of carbonyl (C=O) groups is 2. The SMILES string of the molecule is CCCCCCCCCCCC/C=C/C(O)C(CO)NC(=O)CCCCCCCCCCCCCCCCCCCCCCCCCCCCCOC(=O)CCCCCCCCCCCCCC. The summed E-state index contributed by atoms with van der Waals surface area (Å²) < 4.78 is 5.48. The first-order chi connectivity index (χ1) is 33.5. The smallest absolute Gasteiger partial charge is 0.305 e. The van der Waals surface area contributed by atoms with Crippen LogP contribution in [0.5, 0.6) is 0 Å². The van der Waals surface area contributed by atoms with E-state index in [2.05, 4.69) is 19.2 Å².